The Labute approximate surface area is 185 Å². The van der Waals surface area contributed by atoms with Gasteiger partial charge in [0.25, 0.3) is 0 Å². The van der Waals surface area contributed by atoms with Gasteiger partial charge in [-0.1, -0.05) is 29.4 Å². The first-order valence-corrected chi connectivity index (χ1v) is 11.2. The maximum atomic E-state index is 12.8. The number of rotatable bonds is 6. The van der Waals surface area contributed by atoms with Gasteiger partial charge >= 0.3 is 0 Å². The molecule has 3 heterocycles. The maximum absolute atomic E-state index is 12.8. The summed E-state index contributed by atoms with van der Waals surface area (Å²) in [4.78, 5) is 32.8. The van der Waals surface area contributed by atoms with Gasteiger partial charge in [-0.15, -0.1) is 11.3 Å². The molecular weight excluding hydrogens is 412 g/mol. The highest BCUT2D eigenvalue weighted by Gasteiger charge is 2.34. The topological polar surface area (TPSA) is 88.3 Å². The number of nitrogens with one attached hydrogen (secondary N) is 1. The van der Waals surface area contributed by atoms with Crippen molar-refractivity contribution in [1.82, 2.24) is 20.4 Å². The van der Waals surface area contributed by atoms with Gasteiger partial charge in [-0.3, -0.25) is 9.59 Å². The Hall–Kier alpha value is -3.00. The van der Waals surface area contributed by atoms with E-state index >= 15 is 0 Å². The van der Waals surface area contributed by atoms with Gasteiger partial charge in [0, 0.05) is 19.2 Å². The number of aryl methyl sites for hydroxylation is 3. The van der Waals surface area contributed by atoms with Gasteiger partial charge in [0.15, 0.2) is 0 Å². The van der Waals surface area contributed by atoms with Crippen LogP contribution in [0.1, 0.15) is 40.6 Å². The molecule has 0 bridgehead atoms. The van der Waals surface area contributed by atoms with Crippen molar-refractivity contribution in [1.29, 1.82) is 0 Å². The van der Waals surface area contributed by atoms with E-state index in [-0.39, 0.29) is 18.2 Å². The van der Waals surface area contributed by atoms with Gasteiger partial charge in [-0.2, -0.15) is 0 Å². The Bertz CT molecular complexity index is 1090. The highest BCUT2D eigenvalue weighted by Crippen LogP contribution is 2.29. The normalized spacial score (nSPS) is 16.0. The van der Waals surface area contributed by atoms with E-state index in [1.165, 1.54) is 4.88 Å². The van der Waals surface area contributed by atoms with Crippen molar-refractivity contribution in [2.45, 2.75) is 52.6 Å². The lowest BCUT2D eigenvalue weighted by Crippen LogP contribution is -2.46. The summed E-state index contributed by atoms with van der Waals surface area (Å²) in [6, 6.07) is 9.49. The smallest absolute Gasteiger partial charge is 0.243 e. The zero-order chi connectivity index (χ0) is 22.0. The van der Waals surface area contributed by atoms with E-state index in [0.717, 1.165) is 33.9 Å². The van der Waals surface area contributed by atoms with Crippen LogP contribution in [-0.4, -0.2) is 39.4 Å². The van der Waals surface area contributed by atoms with Crippen molar-refractivity contribution < 1.29 is 14.1 Å². The maximum Gasteiger partial charge on any atom is 0.243 e. The van der Waals surface area contributed by atoms with E-state index in [9.17, 15) is 9.59 Å². The van der Waals surface area contributed by atoms with Gasteiger partial charge in [-0.05, 0) is 44.7 Å². The van der Waals surface area contributed by atoms with Crippen molar-refractivity contribution in [3.63, 3.8) is 0 Å². The molecular formula is C23H26N4O3S. The molecule has 7 nitrogen and oxygen atoms in total. The molecule has 2 aromatic heterocycles. The SMILES string of the molecule is Cc1cc(CC(=O)N2CCC[C@H]2C(=O)NCc2ccc(-c3sc(C)nc3C)cc2)on1. The quantitative estimate of drug-likeness (QED) is 0.636. The molecule has 0 spiro atoms. The molecule has 0 saturated carbocycles. The third-order valence-electron chi connectivity index (χ3n) is 5.46. The summed E-state index contributed by atoms with van der Waals surface area (Å²) < 4.78 is 5.14. The third-order valence-corrected chi connectivity index (χ3v) is 6.59. The van der Waals surface area contributed by atoms with Gasteiger partial charge in [0.1, 0.15) is 11.8 Å². The second-order valence-electron chi connectivity index (χ2n) is 7.92. The van der Waals surface area contributed by atoms with Crippen LogP contribution >= 0.6 is 11.3 Å². The molecule has 8 heteroatoms. The number of benzene rings is 1. The Morgan fingerprint density at radius 1 is 1.23 bits per heavy atom. The number of hydrogen-bond acceptors (Lipinski definition) is 6. The number of nitrogens with zero attached hydrogens (tertiary/aromatic N) is 3. The minimum absolute atomic E-state index is 0.103. The fraction of sp³-hybridized carbons (Fsp3) is 0.391. The minimum atomic E-state index is -0.432. The van der Waals surface area contributed by atoms with Crippen LogP contribution < -0.4 is 5.32 Å². The molecule has 31 heavy (non-hydrogen) atoms. The standard InChI is InChI=1S/C23H26N4O3S/c1-14-11-19(30-26-14)12-21(28)27-10-4-5-20(27)23(29)24-13-17-6-8-18(9-7-17)22-15(2)25-16(3)31-22/h6-9,11,20H,4-5,10,12-13H2,1-3H3,(H,24,29)/t20-/m0/s1. The molecule has 0 aliphatic carbocycles. The highest BCUT2D eigenvalue weighted by atomic mass is 32.1. The van der Waals surface area contributed by atoms with Crippen molar-refractivity contribution >= 4 is 23.2 Å². The van der Waals surface area contributed by atoms with E-state index in [0.29, 0.717) is 25.3 Å². The third kappa shape index (κ3) is 4.85. The Morgan fingerprint density at radius 2 is 2.00 bits per heavy atom. The van der Waals surface area contributed by atoms with E-state index in [1.54, 1.807) is 22.3 Å². The zero-order valence-corrected chi connectivity index (χ0v) is 18.8. The number of aromatic nitrogens is 2. The Morgan fingerprint density at radius 3 is 2.65 bits per heavy atom. The number of thiazole rings is 1. The lowest BCUT2D eigenvalue weighted by atomic mass is 10.1. The van der Waals surface area contributed by atoms with Crippen LogP contribution in [0.3, 0.4) is 0 Å². The Balaban J connectivity index is 1.34. The molecule has 1 aromatic carbocycles. The first-order chi connectivity index (χ1) is 14.9. The Kier molecular flexibility index (Phi) is 6.18. The molecule has 4 rings (SSSR count). The molecule has 1 atom stereocenters. The largest absolute Gasteiger partial charge is 0.361 e. The summed E-state index contributed by atoms with van der Waals surface area (Å²) in [7, 11) is 0. The predicted molar refractivity (Wildman–Crippen MR) is 119 cm³/mol. The van der Waals surface area contributed by atoms with Crippen LogP contribution in [0, 0.1) is 20.8 Å². The van der Waals surface area contributed by atoms with Gasteiger partial charge < -0.3 is 14.7 Å². The second kappa shape index (κ2) is 9.01. The number of hydrogen-bond donors (Lipinski definition) is 1. The molecule has 0 unspecified atom stereocenters. The summed E-state index contributed by atoms with van der Waals surface area (Å²) in [5, 5.41) is 7.86. The van der Waals surface area contributed by atoms with Crippen molar-refractivity contribution in [3.8, 4) is 10.4 Å². The summed E-state index contributed by atoms with van der Waals surface area (Å²) in [6.45, 7) is 6.86. The van der Waals surface area contributed by atoms with Gasteiger partial charge in [0.2, 0.25) is 11.8 Å². The molecule has 162 valence electrons. The average molecular weight is 439 g/mol. The summed E-state index contributed by atoms with van der Waals surface area (Å²) in [5.74, 6) is 0.311. The van der Waals surface area contributed by atoms with E-state index in [1.807, 2.05) is 32.9 Å². The second-order valence-corrected chi connectivity index (χ2v) is 9.12. The van der Waals surface area contributed by atoms with Crippen molar-refractivity contribution in [3.05, 3.63) is 58.1 Å². The molecule has 1 aliphatic rings. The summed E-state index contributed by atoms with van der Waals surface area (Å²) in [6.07, 6.45) is 1.63. The molecule has 1 aliphatic heterocycles. The fourth-order valence-corrected chi connectivity index (χ4v) is 4.89. The van der Waals surface area contributed by atoms with Crippen LogP contribution in [0.25, 0.3) is 10.4 Å². The van der Waals surface area contributed by atoms with Crippen LogP contribution in [0.2, 0.25) is 0 Å². The first-order valence-electron chi connectivity index (χ1n) is 10.4. The molecule has 3 aromatic rings. The van der Waals surface area contributed by atoms with Crippen molar-refractivity contribution in [2.24, 2.45) is 0 Å². The molecule has 1 saturated heterocycles. The summed E-state index contributed by atoms with van der Waals surface area (Å²) in [5.41, 5.74) is 3.93. The van der Waals surface area contributed by atoms with E-state index in [4.69, 9.17) is 4.52 Å². The van der Waals surface area contributed by atoms with E-state index < -0.39 is 6.04 Å². The number of carbonyl (C=O) groups excluding carboxylic acids is 2. The molecule has 1 fully saturated rings. The van der Waals surface area contributed by atoms with E-state index in [2.05, 4.69) is 27.6 Å². The monoisotopic (exact) mass is 438 g/mol. The zero-order valence-electron chi connectivity index (χ0n) is 18.0. The lowest BCUT2D eigenvalue weighted by Gasteiger charge is -2.23. The number of likely N-dealkylation sites (tertiary alicyclic amines) is 1. The summed E-state index contributed by atoms with van der Waals surface area (Å²) >= 11 is 1.68. The van der Waals surface area contributed by atoms with Gasteiger partial charge in [0.05, 0.1) is 27.7 Å². The fourth-order valence-electron chi connectivity index (χ4n) is 3.97. The average Bonchev–Trinajstić information content (AvgIpc) is 3.47. The molecule has 1 N–H and O–H groups in total. The lowest BCUT2D eigenvalue weighted by molar-refractivity contribution is -0.138. The van der Waals surface area contributed by atoms with Gasteiger partial charge in [-0.25, -0.2) is 4.98 Å². The minimum Gasteiger partial charge on any atom is -0.361 e. The van der Waals surface area contributed by atoms with Crippen LogP contribution in [0.5, 0.6) is 0 Å². The van der Waals surface area contributed by atoms with Crippen LogP contribution in [0.4, 0.5) is 0 Å². The van der Waals surface area contributed by atoms with Crippen molar-refractivity contribution in [2.75, 3.05) is 6.54 Å². The van der Waals surface area contributed by atoms with Crippen LogP contribution in [0.15, 0.2) is 34.9 Å². The number of amides is 2. The highest BCUT2D eigenvalue weighted by molar-refractivity contribution is 7.15. The predicted octanol–water partition coefficient (Wildman–Crippen LogP) is 3.57. The molecule has 2 amide bonds. The first kappa shape index (κ1) is 21.2. The number of carbonyl (C=O) groups is 2. The molecule has 0 radical (unpaired) electrons. The van der Waals surface area contributed by atoms with Crippen LogP contribution in [-0.2, 0) is 22.6 Å².